The van der Waals surface area contributed by atoms with Crippen LogP contribution in [0.25, 0.3) is 10.2 Å². The fraction of sp³-hybridized carbons (Fsp3) is 0.238. The van der Waals surface area contributed by atoms with Gasteiger partial charge >= 0.3 is 0 Å². The molecule has 0 aliphatic carbocycles. The first-order chi connectivity index (χ1) is 12.9. The number of hydrogen-bond donors (Lipinski definition) is 0. The average Bonchev–Trinajstić information content (AvgIpc) is 2.98. The van der Waals surface area contributed by atoms with E-state index in [1.54, 1.807) is 16.7 Å². The van der Waals surface area contributed by atoms with Crippen LogP contribution in [0.5, 0.6) is 0 Å². The van der Waals surface area contributed by atoms with Crippen LogP contribution in [0.3, 0.4) is 0 Å². The van der Waals surface area contributed by atoms with E-state index in [4.69, 9.17) is 29.6 Å². The summed E-state index contributed by atoms with van der Waals surface area (Å²) in [5.41, 5.74) is 2.87. The second kappa shape index (κ2) is 8.31. The Morgan fingerprint density at radius 2 is 1.85 bits per heavy atom. The standard InChI is InChI=1S/C21H18Cl2N2OS/c1-4-11-25-19-16(22)9-10-17(23)20(19)27-21(25)24-18(26)12-14-5-7-15(8-6-14)13(2)3/h1,5-10,13H,11-12H2,2-3H3. The van der Waals surface area contributed by atoms with E-state index < -0.39 is 0 Å². The minimum Gasteiger partial charge on any atom is -0.303 e. The van der Waals surface area contributed by atoms with Gasteiger partial charge in [-0.3, -0.25) is 4.79 Å². The van der Waals surface area contributed by atoms with Gasteiger partial charge in [-0.1, -0.05) is 78.6 Å². The van der Waals surface area contributed by atoms with Crippen molar-refractivity contribution in [1.82, 2.24) is 4.57 Å². The molecule has 3 nitrogen and oxygen atoms in total. The summed E-state index contributed by atoms with van der Waals surface area (Å²) in [6.07, 6.45) is 5.72. The third-order valence-corrected chi connectivity index (χ3v) is 6.04. The maximum Gasteiger partial charge on any atom is 0.252 e. The summed E-state index contributed by atoms with van der Waals surface area (Å²) < 4.78 is 2.53. The number of hydrogen-bond acceptors (Lipinski definition) is 2. The number of thiazole rings is 1. The van der Waals surface area contributed by atoms with Crippen LogP contribution in [-0.2, 0) is 17.8 Å². The van der Waals surface area contributed by atoms with Gasteiger partial charge in [-0.25, -0.2) is 0 Å². The molecule has 1 aromatic heterocycles. The summed E-state index contributed by atoms with van der Waals surface area (Å²) in [5, 5.41) is 1.09. The molecule has 0 radical (unpaired) electrons. The van der Waals surface area contributed by atoms with Crippen molar-refractivity contribution >= 4 is 50.7 Å². The molecule has 0 fully saturated rings. The smallest absolute Gasteiger partial charge is 0.252 e. The van der Waals surface area contributed by atoms with Crippen molar-refractivity contribution in [3.8, 4) is 12.3 Å². The van der Waals surface area contributed by atoms with Crippen molar-refractivity contribution in [2.45, 2.75) is 32.7 Å². The normalized spacial score (nSPS) is 11.9. The summed E-state index contributed by atoms with van der Waals surface area (Å²) in [6.45, 7) is 4.53. The molecule has 3 rings (SSSR count). The van der Waals surface area contributed by atoms with Crippen LogP contribution in [0.4, 0.5) is 0 Å². The van der Waals surface area contributed by atoms with E-state index in [0.717, 1.165) is 10.3 Å². The fourth-order valence-corrected chi connectivity index (χ4v) is 4.44. The third-order valence-electron chi connectivity index (χ3n) is 4.20. The molecule has 0 saturated carbocycles. The number of benzene rings is 2. The number of nitrogens with zero attached hydrogens (tertiary/aromatic N) is 2. The Kier molecular flexibility index (Phi) is 6.06. The number of aromatic nitrogens is 1. The number of carbonyl (C=O) groups excluding carboxylic acids is 1. The summed E-state index contributed by atoms with van der Waals surface area (Å²) in [4.78, 5) is 17.3. The highest BCUT2D eigenvalue weighted by Gasteiger charge is 2.13. The Balaban J connectivity index is 1.98. The number of terminal acetylenes is 1. The summed E-state index contributed by atoms with van der Waals surface area (Å²) in [7, 11) is 0. The number of carbonyl (C=O) groups is 1. The van der Waals surface area contributed by atoms with Crippen LogP contribution in [0, 0.1) is 12.3 Å². The van der Waals surface area contributed by atoms with E-state index in [2.05, 4.69) is 24.8 Å². The summed E-state index contributed by atoms with van der Waals surface area (Å²) in [6, 6.07) is 11.5. The van der Waals surface area contributed by atoms with Gasteiger partial charge in [0.15, 0.2) is 4.80 Å². The maximum atomic E-state index is 12.5. The van der Waals surface area contributed by atoms with Gasteiger partial charge < -0.3 is 4.57 Å². The van der Waals surface area contributed by atoms with E-state index in [9.17, 15) is 4.79 Å². The van der Waals surface area contributed by atoms with Gasteiger partial charge in [-0.15, -0.1) is 6.42 Å². The van der Waals surface area contributed by atoms with Crippen LogP contribution in [0.1, 0.15) is 30.9 Å². The van der Waals surface area contributed by atoms with Crippen LogP contribution < -0.4 is 4.80 Å². The Morgan fingerprint density at radius 3 is 2.48 bits per heavy atom. The van der Waals surface area contributed by atoms with E-state index >= 15 is 0 Å². The summed E-state index contributed by atoms with van der Waals surface area (Å²) in [5.74, 6) is 2.80. The van der Waals surface area contributed by atoms with Gasteiger partial charge in [0.1, 0.15) is 0 Å². The van der Waals surface area contributed by atoms with E-state index in [1.807, 2.05) is 24.3 Å². The van der Waals surface area contributed by atoms with Crippen LogP contribution in [0.2, 0.25) is 10.0 Å². The van der Waals surface area contributed by atoms with E-state index in [-0.39, 0.29) is 18.9 Å². The first-order valence-corrected chi connectivity index (χ1v) is 10.0. The highest BCUT2D eigenvalue weighted by atomic mass is 35.5. The Bertz CT molecular complexity index is 1100. The van der Waals surface area contributed by atoms with Crippen molar-refractivity contribution in [2.75, 3.05) is 0 Å². The molecule has 0 spiro atoms. The fourth-order valence-electron chi connectivity index (χ4n) is 2.78. The molecule has 1 heterocycles. The van der Waals surface area contributed by atoms with Crippen molar-refractivity contribution in [3.05, 3.63) is 62.4 Å². The van der Waals surface area contributed by atoms with Gasteiger partial charge in [0.05, 0.1) is 33.2 Å². The van der Waals surface area contributed by atoms with Crippen LogP contribution >= 0.6 is 34.5 Å². The minimum atomic E-state index is -0.239. The number of fused-ring (bicyclic) bond motifs is 1. The molecule has 27 heavy (non-hydrogen) atoms. The third kappa shape index (κ3) is 4.27. The molecule has 6 heteroatoms. The molecule has 0 aliphatic heterocycles. The molecule has 0 bridgehead atoms. The lowest BCUT2D eigenvalue weighted by atomic mass is 10.0. The molecule has 0 aliphatic rings. The molecule has 2 aromatic carbocycles. The summed E-state index contributed by atoms with van der Waals surface area (Å²) >= 11 is 13.9. The van der Waals surface area contributed by atoms with Gasteiger partial charge in [0.25, 0.3) is 5.91 Å². The predicted octanol–water partition coefficient (Wildman–Crippen LogP) is 5.44. The molecular weight excluding hydrogens is 399 g/mol. The minimum absolute atomic E-state index is 0.226. The van der Waals surface area contributed by atoms with Gasteiger partial charge in [-0.05, 0) is 29.2 Å². The predicted molar refractivity (Wildman–Crippen MR) is 113 cm³/mol. The number of halogens is 2. The van der Waals surface area contributed by atoms with Gasteiger partial charge in [0, 0.05) is 0 Å². The van der Waals surface area contributed by atoms with Gasteiger partial charge in [0.2, 0.25) is 0 Å². The lowest BCUT2D eigenvalue weighted by Gasteiger charge is -2.05. The van der Waals surface area contributed by atoms with E-state index in [1.165, 1.54) is 16.9 Å². The highest BCUT2D eigenvalue weighted by Crippen LogP contribution is 2.31. The lowest BCUT2D eigenvalue weighted by molar-refractivity contribution is -0.117. The molecular formula is C21H18Cl2N2OS. The zero-order valence-corrected chi connectivity index (χ0v) is 17.3. The highest BCUT2D eigenvalue weighted by molar-refractivity contribution is 7.17. The quantitative estimate of drug-likeness (QED) is 0.521. The Labute approximate surface area is 172 Å². The molecule has 0 N–H and O–H groups in total. The van der Waals surface area contributed by atoms with Crippen molar-refractivity contribution in [1.29, 1.82) is 0 Å². The average molecular weight is 417 g/mol. The Morgan fingerprint density at radius 1 is 1.19 bits per heavy atom. The van der Waals surface area contributed by atoms with Crippen molar-refractivity contribution in [2.24, 2.45) is 4.99 Å². The topological polar surface area (TPSA) is 34.4 Å². The SMILES string of the molecule is C#CCn1c(=NC(=O)Cc2ccc(C(C)C)cc2)sc2c(Cl)ccc(Cl)c21. The molecule has 138 valence electrons. The molecule has 1 amide bonds. The zero-order valence-electron chi connectivity index (χ0n) is 15.0. The molecule has 0 unspecified atom stereocenters. The van der Waals surface area contributed by atoms with Crippen molar-refractivity contribution in [3.63, 3.8) is 0 Å². The largest absolute Gasteiger partial charge is 0.303 e. The lowest BCUT2D eigenvalue weighted by Crippen LogP contribution is -2.17. The molecule has 0 saturated heterocycles. The molecule has 0 atom stereocenters. The second-order valence-corrected chi connectivity index (χ2v) is 8.25. The number of rotatable bonds is 4. The van der Waals surface area contributed by atoms with Crippen molar-refractivity contribution < 1.29 is 4.79 Å². The van der Waals surface area contributed by atoms with E-state index in [0.29, 0.717) is 26.3 Å². The first-order valence-electron chi connectivity index (χ1n) is 8.48. The van der Waals surface area contributed by atoms with Gasteiger partial charge in [-0.2, -0.15) is 4.99 Å². The van der Waals surface area contributed by atoms with Crippen LogP contribution in [-0.4, -0.2) is 10.5 Å². The van der Waals surface area contributed by atoms with Crippen LogP contribution in [0.15, 0.2) is 41.4 Å². The Hall–Kier alpha value is -2.06. The zero-order chi connectivity index (χ0) is 19.6. The second-order valence-electron chi connectivity index (χ2n) is 6.46. The first kappa shape index (κ1) is 19.7. The maximum absolute atomic E-state index is 12.5. The molecule has 3 aromatic rings. The monoisotopic (exact) mass is 416 g/mol. The number of amides is 1.